The zero-order chi connectivity index (χ0) is 23.8. The SMILES string of the molecule is CCc1cc(Cc2ccc(N(CC3CO3)CC3CO3)c(CC)c2)ccc1N(CC1CO1)CC1CO1. The Morgan fingerprint density at radius 1 is 0.600 bits per heavy atom. The molecule has 6 heteroatoms. The molecule has 4 unspecified atom stereocenters. The molecule has 4 aliphatic heterocycles. The smallest absolute Gasteiger partial charge is 0.0984 e. The van der Waals surface area contributed by atoms with Crippen molar-refractivity contribution in [2.45, 2.75) is 57.5 Å². The van der Waals surface area contributed by atoms with E-state index < -0.39 is 0 Å². The predicted octanol–water partition coefficient (Wildman–Crippen LogP) is 3.61. The van der Waals surface area contributed by atoms with Gasteiger partial charge in [-0.15, -0.1) is 0 Å². The number of hydrogen-bond donors (Lipinski definition) is 0. The van der Waals surface area contributed by atoms with Gasteiger partial charge in [0, 0.05) is 37.6 Å². The first-order valence-electron chi connectivity index (χ1n) is 13.4. The van der Waals surface area contributed by atoms with Gasteiger partial charge in [0.25, 0.3) is 0 Å². The molecule has 4 heterocycles. The maximum Gasteiger partial charge on any atom is 0.0984 e. The van der Waals surface area contributed by atoms with Crippen LogP contribution in [0.15, 0.2) is 36.4 Å². The Hall–Kier alpha value is -2.12. The van der Waals surface area contributed by atoms with Crippen LogP contribution in [0, 0.1) is 0 Å². The highest BCUT2D eigenvalue weighted by Gasteiger charge is 2.32. The molecule has 0 bridgehead atoms. The third-order valence-corrected chi connectivity index (χ3v) is 7.44. The second-order valence-corrected chi connectivity index (χ2v) is 10.4. The van der Waals surface area contributed by atoms with Crippen molar-refractivity contribution in [1.29, 1.82) is 0 Å². The largest absolute Gasteiger partial charge is 0.371 e. The second-order valence-electron chi connectivity index (χ2n) is 10.4. The minimum Gasteiger partial charge on any atom is -0.371 e. The van der Waals surface area contributed by atoms with Crippen molar-refractivity contribution >= 4 is 11.4 Å². The lowest BCUT2D eigenvalue weighted by Gasteiger charge is -2.27. The maximum atomic E-state index is 5.54. The Bertz CT molecular complexity index is 918. The van der Waals surface area contributed by atoms with Crippen LogP contribution in [0.25, 0.3) is 0 Å². The van der Waals surface area contributed by atoms with Gasteiger partial charge in [-0.2, -0.15) is 0 Å². The fourth-order valence-corrected chi connectivity index (χ4v) is 5.14. The molecule has 0 aromatic heterocycles. The van der Waals surface area contributed by atoms with Crippen molar-refractivity contribution in [2.75, 3.05) is 62.4 Å². The molecule has 0 amide bonds. The molecule has 4 fully saturated rings. The Labute approximate surface area is 209 Å². The van der Waals surface area contributed by atoms with Gasteiger partial charge in [0.05, 0.1) is 50.8 Å². The van der Waals surface area contributed by atoms with Gasteiger partial charge in [0.1, 0.15) is 0 Å². The minimum absolute atomic E-state index is 0.377. The van der Waals surface area contributed by atoms with E-state index in [9.17, 15) is 0 Å². The number of rotatable bonds is 14. The number of nitrogens with zero attached hydrogens (tertiary/aromatic N) is 2. The molecule has 6 rings (SSSR count). The molecule has 0 radical (unpaired) electrons. The van der Waals surface area contributed by atoms with Crippen molar-refractivity contribution in [3.63, 3.8) is 0 Å². The lowest BCUT2D eigenvalue weighted by Crippen LogP contribution is -2.32. The summed E-state index contributed by atoms with van der Waals surface area (Å²) >= 11 is 0. The summed E-state index contributed by atoms with van der Waals surface area (Å²) in [6.07, 6.45) is 4.51. The Morgan fingerprint density at radius 3 is 1.23 bits per heavy atom. The highest BCUT2D eigenvalue weighted by molar-refractivity contribution is 5.58. The molecule has 0 saturated carbocycles. The fraction of sp³-hybridized carbons (Fsp3) is 0.586. The van der Waals surface area contributed by atoms with E-state index in [1.54, 1.807) is 0 Å². The van der Waals surface area contributed by atoms with Gasteiger partial charge in [-0.3, -0.25) is 0 Å². The molecule has 0 N–H and O–H groups in total. The quantitative estimate of drug-likeness (QED) is 0.387. The predicted molar refractivity (Wildman–Crippen MR) is 138 cm³/mol. The molecular weight excluding hydrogens is 440 g/mol. The highest BCUT2D eigenvalue weighted by Crippen LogP contribution is 2.30. The summed E-state index contributed by atoms with van der Waals surface area (Å²) in [7, 11) is 0. The van der Waals surface area contributed by atoms with E-state index in [-0.39, 0.29) is 0 Å². The fourth-order valence-electron chi connectivity index (χ4n) is 5.14. The van der Waals surface area contributed by atoms with Gasteiger partial charge < -0.3 is 28.7 Å². The van der Waals surface area contributed by atoms with Gasteiger partial charge in [-0.05, 0) is 53.6 Å². The summed E-state index contributed by atoms with van der Waals surface area (Å²) in [6, 6.07) is 14.1. The van der Waals surface area contributed by atoms with E-state index >= 15 is 0 Å². The first kappa shape index (κ1) is 23.3. The summed E-state index contributed by atoms with van der Waals surface area (Å²) in [5, 5.41) is 0. The number of anilines is 2. The van der Waals surface area contributed by atoms with Gasteiger partial charge in [-0.25, -0.2) is 0 Å². The average molecular weight is 479 g/mol. The maximum absolute atomic E-state index is 5.54. The molecule has 188 valence electrons. The van der Waals surface area contributed by atoms with E-state index in [2.05, 4.69) is 60.0 Å². The molecule has 2 aromatic rings. The molecule has 4 atom stereocenters. The lowest BCUT2D eigenvalue weighted by molar-refractivity contribution is 0.388. The van der Waals surface area contributed by atoms with Gasteiger partial charge in [-0.1, -0.05) is 38.1 Å². The number of ether oxygens (including phenoxy) is 4. The Balaban J connectivity index is 1.19. The minimum atomic E-state index is 0.377. The average Bonchev–Trinajstić information content (AvgIpc) is 3.70. The summed E-state index contributed by atoms with van der Waals surface area (Å²) in [4.78, 5) is 4.95. The summed E-state index contributed by atoms with van der Waals surface area (Å²) in [5.41, 5.74) is 8.26. The van der Waals surface area contributed by atoms with Crippen LogP contribution in [-0.2, 0) is 38.2 Å². The van der Waals surface area contributed by atoms with Crippen molar-refractivity contribution < 1.29 is 18.9 Å². The van der Waals surface area contributed by atoms with Crippen LogP contribution in [-0.4, -0.2) is 77.0 Å². The van der Waals surface area contributed by atoms with Crippen LogP contribution in [0.5, 0.6) is 0 Å². The van der Waals surface area contributed by atoms with Crippen LogP contribution in [0.3, 0.4) is 0 Å². The Kier molecular flexibility index (Phi) is 6.72. The van der Waals surface area contributed by atoms with E-state index in [4.69, 9.17) is 18.9 Å². The first-order chi connectivity index (χ1) is 17.2. The zero-order valence-electron chi connectivity index (χ0n) is 21.1. The van der Waals surface area contributed by atoms with Crippen LogP contribution in [0.1, 0.15) is 36.1 Å². The zero-order valence-corrected chi connectivity index (χ0v) is 21.1. The van der Waals surface area contributed by atoms with E-state index in [0.717, 1.165) is 71.9 Å². The van der Waals surface area contributed by atoms with E-state index in [0.29, 0.717) is 24.4 Å². The molecule has 0 spiro atoms. The standard InChI is InChI=1S/C29H38N2O4/c1-3-22-10-20(5-7-28(22)30(12-24-16-32-24)13-25-17-33-25)9-21-6-8-29(23(4-2)11-21)31(14-26-18-34-26)15-27-19-35-27/h5-8,10-11,24-27H,3-4,9,12-19H2,1-2H3. The second kappa shape index (κ2) is 10.1. The number of hydrogen-bond acceptors (Lipinski definition) is 6. The molecule has 35 heavy (non-hydrogen) atoms. The molecule has 4 aliphatic rings. The summed E-state index contributed by atoms with van der Waals surface area (Å²) < 4.78 is 22.1. The van der Waals surface area contributed by atoms with Crippen molar-refractivity contribution in [3.05, 3.63) is 58.7 Å². The van der Waals surface area contributed by atoms with Crippen molar-refractivity contribution in [1.82, 2.24) is 0 Å². The van der Waals surface area contributed by atoms with Gasteiger partial charge >= 0.3 is 0 Å². The number of aryl methyl sites for hydroxylation is 2. The van der Waals surface area contributed by atoms with Crippen LogP contribution in [0.2, 0.25) is 0 Å². The van der Waals surface area contributed by atoms with E-state index in [1.165, 1.54) is 33.6 Å². The lowest BCUT2D eigenvalue weighted by atomic mass is 9.97. The number of benzene rings is 2. The monoisotopic (exact) mass is 478 g/mol. The van der Waals surface area contributed by atoms with Crippen LogP contribution < -0.4 is 9.80 Å². The van der Waals surface area contributed by atoms with Crippen LogP contribution in [0.4, 0.5) is 11.4 Å². The van der Waals surface area contributed by atoms with Crippen molar-refractivity contribution in [2.24, 2.45) is 0 Å². The Morgan fingerprint density at radius 2 is 0.943 bits per heavy atom. The first-order valence-corrected chi connectivity index (χ1v) is 13.4. The molecule has 0 aliphatic carbocycles. The van der Waals surface area contributed by atoms with Gasteiger partial charge in [0.2, 0.25) is 0 Å². The van der Waals surface area contributed by atoms with Crippen LogP contribution >= 0.6 is 0 Å². The topological polar surface area (TPSA) is 56.6 Å². The highest BCUT2D eigenvalue weighted by atomic mass is 16.6. The summed E-state index contributed by atoms with van der Waals surface area (Å²) in [6.45, 7) is 11.9. The molecule has 4 saturated heterocycles. The van der Waals surface area contributed by atoms with Crippen molar-refractivity contribution in [3.8, 4) is 0 Å². The summed E-state index contributed by atoms with van der Waals surface area (Å²) in [5.74, 6) is 0. The molecule has 2 aromatic carbocycles. The third kappa shape index (κ3) is 6.18. The molecular formula is C29H38N2O4. The van der Waals surface area contributed by atoms with E-state index in [1.807, 2.05) is 0 Å². The normalized spacial score (nSPS) is 25.9. The van der Waals surface area contributed by atoms with Gasteiger partial charge in [0.15, 0.2) is 0 Å². The number of epoxide rings is 4. The molecule has 6 nitrogen and oxygen atoms in total. The third-order valence-electron chi connectivity index (χ3n) is 7.44.